The van der Waals surface area contributed by atoms with Crippen molar-refractivity contribution in [3.63, 3.8) is 0 Å². The first-order chi connectivity index (χ1) is 10.4. The van der Waals surface area contributed by atoms with Crippen LogP contribution < -0.4 is 10.1 Å². The van der Waals surface area contributed by atoms with Gasteiger partial charge in [-0.25, -0.2) is 0 Å². The van der Waals surface area contributed by atoms with E-state index < -0.39 is 0 Å². The van der Waals surface area contributed by atoms with E-state index in [9.17, 15) is 0 Å². The molecule has 1 heterocycles. The van der Waals surface area contributed by atoms with Crippen molar-refractivity contribution in [1.82, 2.24) is 4.90 Å². The smallest absolute Gasteiger partial charge is 0.121 e. The molecule has 0 bridgehead atoms. The summed E-state index contributed by atoms with van der Waals surface area (Å²) in [6.07, 6.45) is 7.82. The minimum absolute atomic E-state index is 0.813. The molecular weight excluding hydrogens is 260 g/mol. The Bertz CT molecular complexity index is 387. The van der Waals surface area contributed by atoms with Crippen LogP contribution in [0, 0.1) is 0 Å². The highest BCUT2D eigenvalue weighted by molar-refractivity contribution is 5.48. The van der Waals surface area contributed by atoms with E-state index in [2.05, 4.69) is 35.3 Å². The lowest BCUT2D eigenvalue weighted by molar-refractivity contribution is 0.296. The van der Waals surface area contributed by atoms with Crippen LogP contribution >= 0.6 is 0 Å². The molecule has 0 spiro atoms. The molecule has 0 aromatic heterocycles. The molecule has 1 aliphatic rings. The van der Waals surface area contributed by atoms with Gasteiger partial charge < -0.3 is 15.0 Å². The minimum Gasteiger partial charge on any atom is -0.494 e. The molecule has 1 N–H and O–H groups in total. The third-order valence-electron chi connectivity index (χ3n) is 4.06. The SMILES string of the molecule is CCCCOc1cccc(NCCN2CCCCCC2)c1. The Labute approximate surface area is 129 Å². The van der Waals surface area contributed by atoms with Gasteiger partial charge in [-0.05, 0) is 44.5 Å². The molecule has 0 amide bonds. The molecule has 1 aliphatic heterocycles. The van der Waals surface area contributed by atoms with Crippen LogP contribution in [0.5, 0.6) is 5.75 Å². The molecule has 1 aromatic carbocycles. The zero-order chi connectivity index (χ0) is 14.8. The number of ether oxygens (including phenoxy) is 1. The molecule has 118 valence electrons. The predicted octanol–water partition coefficient (Wildman–Crippen LogP) is 4.15. The van der Waals surface area contributed by atoms with Gasteiger partial charge in [0.05, 0.1) is 6.61 Å². The summed E-state index contributed by atoms with van der Waals surface area (Å²) in [6.45, 7) is 7.68. The van der Waals surface area contributed by atoms with Crippen LogP contribution in [0.2, 0.25) is 0 Å². The predicted molar refractivity (Wildman–Crippen MR) is 90.2 cm³/mol. The standard InChI is InChI=1S/C18H30N2O/c1-2-3-15-21-18-10-8-9-17(16-18)19-11-14-20-12-6-4-5-7-13-20/h8-10,16,19H,2-7,11-15H2,1H3. The molecule has 3 nitrogen and oxygen atoms in total. The van der Waals surface area contributed by atoms with Crippen molar-refractivity contribution in [3.8, 4) is 5.75 Å². The van der Waals surface area contributed by atoms with Crippen LogP contribution in [-0.2, 0) is 0 Å². The fourth-order valence-corrected chi connectivity index (χ4v) is 2.75. The number of unbranched alkanes of at least 4 members (excludes halogenated alkanes) is 1. The van der Waals surface area contributed by atoms with Gasteiger partial charge in [-0.2, -0.15) is 0 Å². The summed E-state index contributed by atoms with van der Waals surface area (Å²) in [5.74, 6) is 0.975. The van der Waals surface area contributed by atoms with Crippen molar-refractivity contribution in [2.24, 2.45) is 0 Å². The molecule has 0 atom stereocenters. The van der Waals surface area contributed by atoms with Gasteiger partial charge in [-0.1, -0.05) is 32.3 Å². The minimum atomic E-state index is 0.813. The molecule has 1 fully saturated rings. The number of likely N-dealkylation sites (tertiary alicyclic amines) is 1. The van der Waals surface area contributed by atoms with Gasteiger partial charge in [0.2, 0.25) is 0 Å². The summed E-state index contributed by atoms with van der Waals surface area (Å²) in [6, 6.07) is 8.33. The number of rotatable bonds is 8. The quantitative estimate of drug-likeness (QED) is 0.728. The van der Waals surface area contributed by atoms with Crippen molar-refractivity contribution in [2.45, 2.75) is 45.4 Å². The maximum Gasteiger partial charge on any atom is 0.121 e. The second-order valence-corrected chi connectivity index (χ2v) is 5.91. The molecular formula is C18H30N2O. The Kier molecular flexibility index (Phi) is 7.44. The van der Waals surface area contributed by atoms with Crippen molar-refractivity contribution in [1.29, 1.82) is 0 Å². The fraction of sp³-hybridized carbons (Fsp3) is 0.667. The molecule has 3 heteroatoms. The lowest BCUT2D eigenvalue weighted by atomic mass is 10.2. The lowest BCUT2D eigenvalue weighted by Gasteiger charge is -2.20. The Hall–Kier alpha value is -1.22. The van der Waals surface area contributed by atoms with E-state index in [0.717, 1.165) is 31.9 Å². The molecule has 0 unspecified atom stereocenters. The molecule has 1 saturated heterocycles. The van der Waals surface area contributed by atoms with Gasteiger partial charge >= 0.3 is 0 Å². The third-order valence-corrected chi connectivity index (χ3v) is 4.06. The van der Waals surface area contributed by atoms with Crippen LogP contribution in [0.25, 0.3) is 0 Å². The lowest BCUT2D eigenvalue weighted by Crippen LogP contribution is -2.29. The molecule has 21 heavy (non-hydrogen) atoms. The first kappa shape index (κ1) is 16.2. The summed E-state index contributed by atoms with van der Waals surface area (Å²) in [4.78, 5) is 2.58. The molecule has 0 saturated carbocycles. The van der Waals surface area contributed by atoms with Gasteiger partial charge in [0.15, 0.2) is 0 Å². The second kappa shape index (κ2) is 9.67. The average molecular weight is 290 g/mol. The van der Waals surface area contributed by atoms with Gasteiger partial charge in [-0.15, -0.1) is 0 Å². The summed E-state index contributed by atoms with van der Waals surface area (Å²) >= 11 is 0. The number of hydrogen-bond donors (Lipinski definition) is 1. The number of hydrogen-bond acceptors (Lipinski definition) is 3. The number of benzene rings is 1. The zero-order valence-electron chi connectivity index (χ0n) is 13.4. The van der Waals surface area contributed by atoms with Crippen molar-refractivity contribution >= 4 is 5.69 Å². The van der Waals surface area contributed by atoms with Crippen LogP contribution in [0.3, 0.4) is 0 Å². The fourth-order valence-electron chi connectivity index (χ4n) is 2.75. The monoisotopic (exact) mass is 290 g/mol. The van der Waals surface area contributed by atoms with E-state index in [1.165, 1.54) is 50.9 Å². The summed E-state index contributed by atoms with van der Waals surface area (Å²) in [7, 11) is 0. The van der Waals surface area contributed by atoms with Gasteiger partial charge in [0.1, 0.15) is 5.75 Å². The third kappa shape index (κ3) is 6.38. The van der Waals surface area contributed by atoms with Crippen LogP contribution in [-0.4, -0.2) is 37.7 Å². The summed E-state index contributed by atoms with van der Waals surface area (Å²) in [5, 5.41) is 3.52. The number of nitrogens with one attached hydrogen (secondary N) is 1. The van der Waals surface area contributed by atoms with Crippen LogP contribution in [0.4, 0.5) is 5.69 Å². The highest BCUT2D eigenvalue weighted by Crippen LogP contribution is 2.17. The first-order valence-corrected chi connectivity index (χ1v) is 8.57. The largest absolute Gasteiger partial charge is 0.494 e. The summed E-state index contributed by atoms with van der Waals surface area (Å²) < 4.78 is 5.75. The highest BCUT2D eigenvalue weighted by Gasteiger charge is 2.08. The number of anilines is 1. The van der Waals surface area contributed by atoms with E-state index in [-0.39, 0.29) is 0 Å². The van der Waals surface area contributed by atoms with Gasteiger partial charge in [0, 0.05) is 24.8 Å². The zero-order valence-corrected chi connectivity index (χ0v) is 13.4. The molecule has 1 aromatic rings. The summed E-state index contributed by atoms with van der Waals surface area (Å²) in [5.41, 5.74) is 1.17. The van der Waals surface area contributed by atoms with E-state index in [1.807, 2.05) is 6.07 Å². The Morgan fingerprint density at radius 3 is 2.71 bits per heavy atom. The second-order valence-electron chi connectivity index (χ2n) is 5.91. The van der Waals surface area contributed by atoms with E-state index >= 15 is 0 Å². The van der Waals surface area contributed by atoms with Crippen molar-refractivity contribution < 1.29 is 4.74 Å². The highest BCUT2D eigenvalue weighted by atomic mass is 16.5. The number of nitrogens with zero attached hydrogens (tertiary/aromatic N) is 1. The molecule has 0 radical (unpaired) electrons. The average Bonchev–Trinajstić information content (AvgIpc) is 2.77. The van der Waals surface area contributed by atoms with Crippen molar-refractivity contribution in [2.75, 3.05) is 38.1 Å². The van der Waals surface area contributed by atoms with E-state index in [0.29, 0.717) is 0 Å². The van der Waals surface area contributed by atoms with Gasteiger partial charge in [-0.3, -0.25) is 0 Å². The Morgan fingerprint density at radius 1 is 1.14 bits per heavy atom. The van der Waals surface area contributed by atoms with Gasteiger partial charge in [0.25, 0.3) is 0 Å². The maximum absolute atomic E-state index is 5.75. The van der Waals surface area contributed by atoms with E-state index in [1.54, 1.807) is 0 Å². The van der Waals surface area contributed by atoms with Crippen molar-refractivity contribution in [3.05, 3.63) is 24.3 Å². The molecule has 2 rings (SSSR count). The normalized spacial score (nSPS) is 16.4. The van der Waals surface area contributed by atoms with E-state index in [4.69, 9.17) is 4.74 Å². The Balaban J connectivity index is 1.70. The molecule has 0 aliphatic carbocycles. The Morgan fingerprint density at radius 2 is 1.95 bits per heavy atom. The topological polar surface area (TPSA) is 24.5 Å². The first-order valence-electron chi connectivity index (χ1n) is 8.57. The van der Waals surface area contributed by atoms with Crippen LogP contribution in [0.1, 0.15) is 45.4 Å². The van der Waals surface area contributed by atoms with Crippen LogP contribution in [0.15, 0.2) is 24.3 Å². The maximum atomic E-state index is 5.75.